The lowest BCUT2D eigenvalue weighted by molar-refractivity contribution is 0.487. The molecular formula is C18H23FN4O2. The van der Waals surface area contributed by atoms with Crippen molar-refractivity contribution in [3.63, 3.8) is 0 Å². The first-order valence-corrected chi connectivity index (χ1v) is 8.86. The summed E-state index contributed by atoms with van der Waals surface area (Å²) in [5.41, 5.74) is 6.80. The van der Waals surface area contributed by atoms with E-state index in [2.05, 4.69) is 4.98 Å². The number of hydrogen-bond acceptors (Lipinski definition) is 4. The number of H-pyrrole nitrogens is 1. The van der Waals surface area contributed by atoms with Gasteiger partial charge in [-0.05, 0) is 45.1 Å². The van der Waals surface area contributed by atoms with Crippen LogP contribution in [-0.4, -0.2) is 28.7 Å². The normalized spacial score (nSPS) is 21.9. The third-order valence-corrected chi connectivity index (χ3v) is 5.58. The molecule has 0 bridgehead atoms. The molecule has 1 aliphatic carbocycles. The quantitative estimate of drug-likeness (QED) is 0.885. The van der Waals surface area contributed by atoms with Crippen molar-refractivity contribution in [3.8, 4) is 0 Å². The van der Waals surface area contributed by atoms with Crippen molar-refractivity contribution >= 4 is 16.6 Å². The summed E-state index contributed by atoms with van der Waals surface area (Å²) < 4.78 is 16.5. The van der Waals surface area contributed by atoms with Crippen molar-refractivity contribution in [1.82, 2.24) is 9.55 Å². The second-order valence-electron chi connectivity index (χ2n) is 7.44. The van der Waals surface area contributed by atoms with Crippen LogP contribution in [0.3, 0.4) is 0 Å². The van der Waals surface area contributed by atoms with Crippen LogP contribution in [-0.2, 0) is 0 Å². The molecule has 2 aromatic rings. The lowest BCUT2D eigenvalue weighted by Crippen LogP contribution is -2.32. The molecule has 1 saturated heterocycles. The van der Waals surface area contributed by atoms with Crippen LogP contribution in [0, 0.1) is 18.7 Å². The molecule has 0 amide bonds. The van der Waals surface area contributed by atoms with Gasteiger partial charge in [-0.3, -0.25) is 14.3 Å². The lowest BCUT2D eigenvalue weighted by atomic mass is 10.0. The van der Waals surface area contributed by atoms with Crippen LogP contribution < -0.4 is 21.9 Å². The lowest BCUT2D eigenvalue weighted by Gasteiger charge is -2.24. The van der Waals surface area contributed by atoms with Crippen molar-refractivity contribution in [1.29, 1.82) is 0 Å². The fourth-order valence-corrected chi connectivity index (χ4v) is 4.06. The minimum Gasteiger partial charge on any atom is -0.369 e. The standard InChI is InChI=1S/C18H23FN4O2/c1-9-15-13(17(24)21-18(25)23(15)12-3-4-12)7-14(19)16(9)22-6-5-11(8-22)10(2)20/h7,10-12H,3-6,8,20H2,1-2H3,(H,21,24,25)/t10-,11?/m0/s1. The van der Waals surface area contributed by atoms with Crippen molar-refractivity contribution in [2.75, 3.05) is 18.0 Å². The first-order chi connectivity index (χ1) is 11.9. The molecule has 0 radical (unpaired) electrons. The van der Waals surface area contributed by atoms with Crippen LogP contribution in [0.1, 0.15) is 37.8 Å². The van der Waals surface area contributed by atoms with Crippen LogP contribution in [0.15, 0.2) is 15.7 Å². The second-order valence-corrected chi connectivity index (χ2v) is 7.44. The van der Waals surface area contributed by atoms with E-state index in [1.807, 2.05) is 11.8 Å². The SMILES string of the molecule is Cc1c(N2CCC([C@H](C)N)C2)c(F)cc2c(=O)[nH]c(=O)n(C3CC3)c12. The van der Waals surface area contributed by atoms with E-state index in [1.54, 1.807) is 11.5 Å². The van der Waals surface area contributed by atoms with Gasteiger partial charge in [-0.1, -0.05) is 0 Å². The Bertz CT molecular complexity index is 958. The highest BCUT2D eigenvalue weighted by Gasteiger charge is 2.32. The maximum absolute atomic E-state index is 14.9. The van der Waals surface area contributed by atoms with Gasteiger partial charge in [-0.15, -0.1) is 0 Å². The number of aryl methyl sites for hydroxylation is 1. The maximum atomic E-state index is 14.9. The summed E-state index contributed by atoms with van der Waals surface area (Å²) in [6.45, 7) is 5.20. The maximum Gasteiger partial charge on any atom is 0.329 e. The molecule has 134 valence electrons. The molecule has 2 heterocycles. The smallest absolute Gasteiger partial charge is 0.329 e. The molecular weight excluding hydrogens is 323 g/mol. The van der Waals surface area contributed by atoms with Gasteiger partial charge in [0, 0.05) is 30.7 Å². The first-order valence-electron chi connectivity index (χ1n) is 8.86. The van der Waals surface area contributed by atoms with Crippen molar-refractivity contribution in [2.45, 2.75) is 45.2 Å². The molecule has 1 aliphatic heterocycles. The second kappa shape index (κ2) is 5.69. The van der Waals surface area contributed by atoms with Crippen LogP contribution in [0.2, 0.25) is 0 Å². The van der Waals surface area contributed by atoms with Crippen LogP contribution in [0.5, 0.6) is 0 Å². The Labute approximate surface area is 144 Å². The number of halogens is 1. The Morgan fingerprint density at radius 3 is 2.64 bits per heavy atom. The van der Waals surface area contributed by atoms with E-state index < -0.39 is 17.1 Å². The van der Waals surface area contributed by atoms with Gasteiger partial charge in [-0.2, -0.15) is 0 Å². The van der Waals surface area contributed by atoms with Crippen molar-refractivity contribution in [3.05, 3.63) is 38.3 Å². The third kappa shape index (κ3) is 2.57. The van der Waals surface area contributed by atoms with Gasteiger partial charge >= 0.3 is 5.69 Å². The Morgan fingerprint density at radius 2 is 2.04 bits per heavy atom. The summed E-state index contributed by atoms with van der Waals surface area (Å²) in [5.74, 6) is -0.0962. The Balaban J connectivity index is 1.93. The highest BCUT2D eigenvalue weighted by molar-refractivity contribution is 5.87. The van der Waals surface area contributed by atoms with Gasteiger partial charge in [0.15, 0.2) is 0 Å². The topological polar surface area (TPSA) is 84.1 Å². The average Bonchev–Trinajstić information content (AvgIpc) is 3.25. The van der Waals surface area contributed by atoms with E-state index in [1.165, 1.54) is 6.07 Å². The van der Waals surface area contributed by atoms with E-state index in [-0.39, 0.29) is 17.5 Å². The summed E-state index contributed by atoms with van der Waals surface area (Å²) >= 11 is 0. The number of anilines is 1. The predicted molar refractivity (Wildman–Crippen MR) is 95.8 cm³/mol. The molecule has 1 saturated carbocycles. The minimum absolute atomic E-state index is 0.0568. The highest BCUT2D eigenvalue weighted by Crippen LogP contribution is 2.39. The van der Waals surface area contributed by atoms with E-state index in [4.69, 9.17) is 5.73 Å². The number of nitrogens with two attached hydrogens (primary N) is 1. The highest BCUT2D eigenvalue weighted by atomic mass is 19.1. The van der Waals surface area contributed by atoms with E-state index >= 15 is 0 Å². The van der Waals surface area contributed by atoms with Crippen LogP contribution in [0.4, 0.5) is 10.1 Å². The fourth-order valence-electron chi connectivity index (χ4n) is 4.06. The Kier molecular flexibility index (Phi) is 3.72. The summed E-state index contributed by atoms with van der Waals surface area (Å²) in [6.07, 6.45) is 2.73. The number of benzene rings is 1. The molecule has 25 heavy (non-hydrogen) atoms. The molecule has 6 nitrogen and oxygen atoms in total. The number of hydrogen-bond donors (Lipinski definition) is 2. The summed E-state index contributed by atoms with van der Waals surface area (Å²) in [7, 11) is 0. The van der Waals surface area contributed by atoms with Crippen LogP contribution >= 0.6 is 0 Å². The molecule has 1 aromatic carbocycles. The van der Waals surface area contributed by atoms with Gasteiger partial charge in [0.05, 0.1) is 16.6 Å². The molecule has 3 N–H and O–H groups in total. The number of nitrogens with zero attached hydrogens (tertiary/aromatic N) is 2. The molecule has 1 unspecified atom stereocenters. The number of fused-ring (bicyclic) bond motifs is 1. The molecule has 2 atom stereocenters. The molecule has 4 rings (SSSR count). The average molecular weight is 346 g/mol. The zero-order chi connectivity index (χ0) is 17.9. The molecule has 7 heteroatoms. The zero-order valence-electron chi connectivity index (χ0n) is 14.5. The molecule has 0 spiro atoms. The Hall–Kier alpha value is -2.15. The van der Waals surface area contributed by atoms with Gasteiger partial charge in [0.25, 0.3) is 5.56 Å². The molecule has 2 aliphatic rings. The number of nitrogens with one attached hydrogen (secondary N) is 1. The minimum atomic E-state index is -0.527. The van der Waals surface area contributed by atoms with E-state index in [9.17, 15) is 14.0 Å². The van der Waals surface area contributed by atoms with Gasteiger partial charge in [0.1, 0.15) is 5.82 Å². The van der Waals surface area contributed by atoms with E-state index in [0.717, 1.165) is 25.8 Å². The zero-order valence-corrected chi connectivity index (χ0v) is 14.5. The van der Waals surface area contributed by atoms with Gasteiger partial charge in [0.2, 0.25) is 0 Å². The molecule has 2 fully saturated rings. The van der Waals surface area contributed by atoms with E-state index in [0.29, 0.717) is 29.2 Å². The fraction of sp³-hybridized carbons (Fsp3) is 0.556. The van der Waals surface area contributed by atoms with Gasteiger partial charge < -0.3 is 10.6 Å². The summed E-state index contributed by atoms with van der Waals surface area (Å²) in [5, 5.41) is 0.244. The summed E-state index contributed by atoms with van der Waals surface area (Å²) in [6, 6.07) is 1.43. The predicted octanol–water partition coefficient (Wildman–Crippen LogP) is 1.65. The monoisotopic (exact) mass is 346 g/mol. The third-order valence-electron chi connectivity index (χ3n) is 5.58. The number of aromatic nitrogens is 2. The number of aromatic amines is 1. The Morgan fingerprint density at radius 1 is 1.32 bits per heavy atom. The van der Waals surface area contributed by atoms with Gasteiger partial charge in [-0.25, -0.2) is 9.18 Å². The first kappa shape index (κ1) is 16.3. The summed E-state index contributed by atoms with van der Waals surface area (Å²) in [4.78, 5) is 28.9. The van der Waals surface area contributed by atoms with Crippen LogP contribution in [0.25, 0.3) is 10.9 Å². The molecule has 1 aromatic heterocycles. The number of rotatable bonds is 3. The van der Waals surface area contributed by atoms with Crippen molar-refractivity contribution in [2.24, 2.45) is 11.7 Å². The van der Waals surface area contributed by atoms with Crippen molar-refractivity contribution < 1.29 is 4.39 Å². The largest absolute Gasteiger partial charge is 0.369 e.